The summed E-state index contributed by atoms with van der Waals surface area (Å²) < 4.78 is 16.2. The highest BCUT2D eigenvalue weighted by Crippen LogP contribution is 2.06. The summed E-state index contributed by atoms with van der Waals surface area (Å²) in [4.78, 5) is 26.4. The minimum absolute atomic E-state index is 0. The molecule has 1 aromatic heterocycles. The van der Waals surface area contributed by atoms with Crippen LogP contribution in [0.2, 0.25) is 0 Å². The number of rotatable bonds is 7. The Balaban J connectivity index is 0.00000400. The van der Waals surface area contributed by atoms with E-state index in [1.807, 2.05) is 0 Å². The molecule has 9 heteroatoms. The number of nitrogens with two attached hydrogens (primary N) is 1. The third-order valence-electron chi connectivity index (χ3n) is 2.50. The number of aromatic nitrogens is 2. The van der Waals surface area contributed by atoms with Gasteiger partial charge in [-0.3, -0.25) is 9.59 Å². The van der Waals surface area contributed by atoms with E-state index in [2.05, 4.69) is 14.5 Å². The van der Waals surface area contributed by atoms with Crippen molar-refractivity contribution in [2.24, 2.45) is 0 Å². The Bertz CT molecular complexity index is 437. The van der Waals surface area contributed by atoms with Gasteiger partial charge in [0, 0.05) is 6.07 Å². The number of hydrogen-bond donors (Lipinski definition) is 1. The molecule has 0 aliphatic heterocycles. The van der Waals surface area contributed by atoms with Gasteiger partial charge >= 0.3 is 11.9 Å². The number of esters is 2. The lowest BCUT2D eigenvalue weighted by atomic mass is 10.2. The van der Waals surface area contributed by atoms with Crippen LogP contribution in [0.25, 0.3) is 0 Å². The monoisotopic (exact) mass is 363 g/mol. The summed E-state index contributed by atoms with van der Waals surface area (Å²) in [5.74, 6) is -0.527. The molecule has 0 bridgehead atoms. The predicted octanol–water partition coefficient (Wildman–Crippen LogP) is -3.58. The van der Waals surface area contributed by atoms with Gasteiger partial charge in [-0.2, -0.15) is 0 Å². The van der Waals surface area contributed by atoms with E-state index in [9.17, 15) is 9.59 Å². The number of hydrogen-bond acceptors (Lipinski definition) is 7. The third-order valence-corrected chi connectivity index (χ3v) is 2.50. The van der Waals surface area contributed by atoms with Gasteiger partial charge in [-0.05, 0) is 4.98 Å². The number of halogens is 1. The summed E-state index contributed by atoms with van der Waals surface area (Å²) in [6, 6.07) is 1.61. The van der Waals surface area contributed by atoms with Crippen LogP contribution in [0.3, 0.4) is 0 Å². The van der Waals surface area contributed by atoms with Gasteiger partial charge in [-0.1, -0.05) is 0 Å². The summed E-state index contributed by atoms with van der Waals surface area (Å²) in [6.45, 7) is 0.131. The fourth-order valence-corrected chi connectivity index (χ4v) is 1.39. The molecule has 1 heterocycles. The molecule has 0 fully saturated rings. The summed E-state index contributed by atoms with van der Waals surface area (Å²) in [6.07, 6.45) is 2.47. The van der Waals surface area contributed by atoms with Gasteiger partial charge in [-0.25, -0.2) is 4.57 Å². The fraction of sp³-hybridized carbons (Fsp3) is 0.500. The number of carbonyl (C=O) groups excluding carboxylic acids is 2. The van der Waals surface area contributed by atoms with Crippen LogP contribution >= 0.6 is 0 Å². The molecule has 0 amide bonds. The lowest BCUT2D eigenvalue weighted by Gasteiger charge is -2.14. The average Bonchev–Trinajstić information content (AvgIpc) is 2.46. The minimum atomic E-state index is -0.625. The van der Waals surface area contributed by atoms with Gasteiger partial charge in [0.2, 0.25) is 5.82 Å². The number of anilines is 1. The summed E-state index contributed by atoms with van der Waals surface area (Å²) >= 11 is 0. The fourth-order valence-electron chi connectivity index (χ4n) is 1.39. The van der Waals surface area contributed by atoms with Crippen molar-refractivity contribution >= 4 is 17.8 Å². The standard InChI is InChI=1S/C12H17N3O5.BrH/c1-18-11(16)5-9(6-12(17)19-2)20-8-15-4-3-10(13)14-7-15;/h3-4,7,9,13H,5-6,8H2,1-2H3;1H. The van der Waals surface area contributed by atoms with E-state index < -0.39 is 18.0 Å². The molecular formula is C12H18BrN3O5. The normalized spacial score (nSPS) is 9.86. The van der Waals surface area contributed by atoms with Gasteiger partial charge in [0.05, 0.1) is 39.4 Å². The van der Waals surface area contributed by atoms with Crippen LogP contribution in [0.5, 0.6) is 0 Å². The highest BCUT2D eigenvalue weighted by Gasteiger charge is 2.20. The molecular weight excluding hydrogens is 346 g/mol. The molecule has 118 valence electrons. The summed E-state index contributed by atoms with van der Waals surface area (Å²) in [5, 5.41) is 0. The van der Waals surface area contributed by atoms with Crippen LogP contribution in [-0.4, -0.2) is 37.2 Å². The summed E-state index contributed by atoms with van der Waals surface area (Å²) in [7, 11) is 2.55. The Hall–Kier alpha value is -1.74. The van der Waals surface area contributed by atoms with Crippen LogP contribution < -0.4 is 27.3 Å². The smallest absolute Gasteiger partial charge is 0.308 e. The van der Waals surface area contributed by atoms with Crippen molar-refractivity contribution in [2.45, 2.75) is 25.7 Å². The van der Waals surface area contributed by atoms with E-state index in [0.717, 1.165) is 0 Å². The zero-order valence-corrected chi connectivity index (χ0v) is 13.4. The van der Waals surface area contributed by atoms with Gasteiger partial charge in [0.1, 0.15) is 0 Å². The SMILES string of the molecule is COC(=O)CC(CC(=O)OC)OC[n+]1ccc(N)nc1.[Br-]. The zero-order valence-electron chi connectivity index (χ0n) is 11.8. The number of nitrogen functional groups attached to an aromatic ring is 1. The number of nitrogens with zero attached hydrogens (tertiary/aromatic N) is 2. The first-order valence-electron chi connectivity index (χ1n) is 5.91. The van der Waals surface area contributed by atoms with Crippen LogP contribution in [0.1, 0.15) is 12.8 Å². The molecule has 21 heavy (non-hydrogen) atoms. The minimum Gasteiger partial charge on any atom is -1.00 e. The molecule has 0 saturated heterocycles. The van der Waals surface area contributed by atoms with Gasteiger partial charge < -0.3 is 36.9 Å². The van der Waals surface area contributed by atoms with E-state index in [1.165, 1.54) is 20.5 Å². The molecule has 0 saturated carbocycles. The second-order valence-electron chi connectivity index (χ2n) is 3.98. The third kappa shape index (κ3) is 7.57. The Labute approximate surface area is 133 Å². The molecule has 2 N–H and O–H groups in total. The van der Waals surface area contributed by atoms with Gasteiger partial charge in [0.25, 0.3) is 6.33 Å². The Kier molecular flexibility index (Phi) is 9.22. The van der Waals surface area contributed by atoms with E-state index in [4.69, 9.17) is 10.5 Å². The van der Waals surface area contributed by atoms with Crippen molar-refractivity contribution in [1.29, 1.82) is 0 Å². The molecule has 0 aromatic carbocycles. The molecule has 0 spiro atoms. The molecule has 0 atom stereocenters. The second kappa shape index (κ2) is 10.1. The van der Waals surface area contributed by atoms with E-state index in [1.54, 1.807) is 16.8 Å². The molecule has 0 aliphatic rings. The largest absolute Gasteiger partial charge is 1.00 e. The van der Waals surface area contributed by atoms with E-state index in [-0.39, 0.29) is 36.6 Å². The number of methoxy groups -OCH3 is 2. The maximum atomic E-state index is 11.3. The highest BCUT2D eigenvalue weighted by atomic mass is 79.9. The van der Waals surface area contributed by atoms with Crippen LogP contribution in [0, 0.1) is 0 Å². The topological polar surface area (TPSA) is 105 Å². The second-order valence-corrected chi connectivity index (χ2v) is 3.98. The van der Waals surface area contributed by atoms with Crippen molar-refractivity contribution in [3.8, 4) is 0 Å². The Morgan fingerprint density at radius 2 is 1.86 bits per heavy atom. The van der Waals surface area contributed by atoms with Crippen LogP contribution in [0.15, 0.2) is 18.6 Å². The maximum Gasteiger partial charge on any atom is 0.308 e. The van der Waals surface area contributed by atoms with Gasteiger partial charge in [-0.15, -0.1) is 0 Å². The van der Waals surface area contributed by atoms with Crippen molar-refractivity contribution in [3.63, 3.8) is 0 Å². The first-order chi connectivity index (χ1) is 9.55. The molecule has 0 radical (unpaired) electrons. The first-order valence-corrected chi connectivity index (χ1v) is 5.91. The molecule has 0 unspecified atom stereocenters. The lowest BCUT2D eigenvalue weighted by Crippen LogP contribution is -3.00. The number of ether oxygens (including phenoxy) is 3. The molecule has 1 rings (SSSR count). The Morgan fingerprint density at radius 1 is 1.29 bits per heavy atom. The quantitative estimate of drug-likeness (QED) is 0.394. The van der Waals surface area contributed by atoms with Crippen LogP contribution in [0.4, 0.5) is 5.82 Å². The van der Waals surface area contributed by atoms with Crippen molar-refractivity contribution in [2.75, 3.05) is 20.0 Å². The van der Waals surface area contributed by atoms with Crippen molar-refractivity contribution < 1.29 is 45.3 Å². The zero-order chi connectivity index (χ0) is 15.0. The van der Waals surface area contributed by atoms with E-state index >= 15 is 0 Å². The molecule has 0 aliphatic carbocycles. The average molecular weight is 364 g/mol. The predicted molar refractivity (Wildman–Crippen MR) is 67.0 cm³/mol. The van der Waals surface area contributed by atoms with Gasteiger partial charge in [0.15, 0.2) is 6.73 Å². The van der Waals surface area contributed by atoms with Crippen molar-refractivity contribution in [3.05, 3.63) is 18.6 Å². The Morgan fingerprint density at radius 3 is 2.29 bits per heavy atom. The van der Waals surface area contributed by atoms with Crippen molar-refractivity contribution in [1.82, 2.24) is 4.98 Å². The molecule has 8 nitrogen and oxygen atoms in total. The maximum absolute atomic E-state index is 11.3. The van der Waals surface area contributed by atoms with E-state index in [0.29, 0.717) is 5.82 Å². The summed E-state index contributed by atoms with van der Waals surface area (Å²) in [5.41, 5.74) is 5.46. The first kappa shape index (κ1) is 19.3. The number of carbonyl (C=O) groups is 2. The molecule has 1 aromatic rings. The van der Waals surface area contributed by atoms with Crippen LogP contribution in [-0.2, 0) is 30.5 Å². The highest BCUT2D eigenvalue weighted by molar-refractivity contribution is 5.73. The lowest BCUT2D eigenvalue weighted by molar-refractivity contribution is -0.737.